The van der Waals surface area contributed by atoms with Crippen molar-refractivity contribution in [3.8, 4) is 5.95 Å². The lowest BCUT2D eigenvalue weighted by atomic mass is 10.2. The Hall–Kier alpha value is -2.54. The summed E-state index contributed by atoms with van der Waals surface area (Å²) in [6.07, 6.45) is 1.38. The van der Waals surface area contributed by atoms with Crippen molar-refractivity contribution >= 4 is 17.8 Å². The minimum atomic E-state index is -0.406. The summed E-state index contributed by atoms with van der Waals surface area (Å²) in [7, 11) is 0. The van der Waals surface area contributed by atoms with E-state index in [0.29, 0.717) is 16.8 Å². The van der Waals surface area contributed by atoms with E-state index in [1.54, 1.807) is 11.6 Å². The molecule has 1 aromatic carbocycles. The fraction of sp³-hybridized carbons (Fsp3) is 0.200. The van der Waals surface area contributed by atoms with Crippen molar-refractivity contribution in [3.05, 3.63) is 57.9 Å². The van der Waals surface area contributed by atoms with Crippen LogP contribution in [0.25, 0.3) is 5.95 Å². The first-order chi connectivity index (χ1) is 11.0. The Kier molecular flexibility index (Phi) is 3.96. The van der Waals surface area contributed by atoms with Gasteiger partial charge in [-0.2, -0.15) is 14.9 Å². The number of nitrogens with zero attached hydrogens (tertiary/aromatic N) is 6. The molecule has 0 atom stereocenters. The summed E-state index contributed by atoms with van der Waals surface area (Å²) in [6, 6.07) is 6.21. The Bertz CT molecular complexity index is 896. The summed E-state index contributed by atoms with van der Waals surface area (Å²) >= 11 is 5.89. The van der Waals surface area contributed by atoms with E-state index in [1.807, 2.05) is 19.9 Å². The molecule has 23 heavy (non-hydrogen) atoms. The molecule has 0 fully saturated rings. The van der Waals surface area contributed by atoms with Crippen LogP contribution in [0.2, 0.25) is 5.02 Å². The molecule has 0 aliphatic rings. The highest BCUT2D eigenvalue weighted by molar-refractivity contribution is 6.30. The number of halogens is 2. The Morgan fingerprint density at radius 2 is 1.96 bits per heavy atom. The SMILES string of the molecule is Cc1cc(C)n(-c2nnc(C)n2/N=C\c2cc(Cl)ccc2F)n1. The predicted molar refractivity (Wildman–Crippen MR) is 85.8 cm³/mol. The van der Waals surface area contributed by atoms with Crippen molar-refractivity contribution < 1.29 is 4.39 Å². The molecule has 0 saturated heterocycles. The summed E-state index contributed by atoms with van der Waals surface area (Å²) in [5, 5.41) is 17.2. The molecule has 0 bridgehead atoms. The van der Waals surface area contributed by atoms with E-state index in [-0.39, 0.29) is 5.56 Å². The van der Waals surface area contributed by atoms with Gasteiger partial charge in [0.15, 0.2) is 5.82 Å². The van der Waals surface area contributed by atoms with Crippen molar-refractivity contribution in [1.82, 2.24) is 24.7 Å². The third-order valence-corrected chi connectivity index (χ3v) is 3.48. The Balaban J connectivity index is 2.04. The van der Waals surface area contributed by atoms with Gasteiger partial charge in [-0.1, -0.05) is 11.6 Å². The van der Waals surface area contributed by atoms with Crippen LogP contribution in [0.1, 0.15) is 22.8 Å². The largest absolute Gasteiger partial charge is 0.273 e. The monoisotopic (exact) mass is 332 g/mol. The van der Waals surface area contributed by atoms with Gasteiger partial charge in [0, 0.05) is 16.3 Å². The second-order valence-corrected chi connectivity index (χ2v) is 5.54. The standard InChI is InChI=1S/C15H14ClFN6/c1-9-6-10(2)22(21-9)15-20-19-11(3)23(15)18-8-12-7-13(16)4-5-14(12)17/h4-8H,1-3H3/b18-8-. The lowest BCUT2D eigenvalue weighted by molar-refractivity contribution is 0.625. The summed E-state index contributed by atoms with van der Waals surface area (Å²) in [4.78, 5) is 0. The summed E-state index contributed by atoms with van der Waals surface area (Å²) < 4.78 is 16.9. The predicted octanol–water partition coefficient (Wildman–Crippen LogP) is 3.06. The number of hydrogen-bond donors (Lipinski definition) is 0. The van der Waals surface area contributed by atoms with Crippen molar-refractivity contribution in [1.29, 1.82) is 0 Å². The van der Waals surface area contributed by atoms with Gasteiger partial charge in [0.2, 0.25) is 0 Å². The maximum absolute atomic E-state index is 13.8. The topological polar surface area (TPSA) is 60.9 Å². The third kappa shape index (κ3) is 3.00. The molecule has 3 aromatic rings. The summed E-state index contributed by atoms with van der Waals surface area (Å²) in [5.41, 5.74) is 2.05. The van der Waals surface area contributed by atoms with Gasteiger partial charge in [0.25, 0.3) is 5.95 Å². The van der Waals surface area contributed by atoms with E-state index in [0.717, 1.165) is 11.4 Å². The van der Waals surface area contributed by atoms with Crippen LogP contribution in [-0.4, -0.2) is 30.9 Å². The van der Waals surface area contributed by atoms with E-state index >= 15 is 0 Å². The van der Waals surface area contributed by atoms with Gasteiger partial charge < -0.3 is 0 Å². The summed E-state index contributed by atoms with van der Waals surface area (Å²) in [5.74, 6) is 0.592. The fourth-order valence-corrected chi connectivity index (χ4v) is 2.36. The zero-order valence-electron chi connectivity index (χ0n) is 12.8. The van der Waals surface area contributed by atoms with Crippen LogP contribution in [0, 0.1) is 26.6 Å². The fourth-order valence-electron chi connectivity index (χ4n) is 2.18. The summed E-state index contributed by atoms with van der Waals surface area (Å²) in [6.45, 7) is 5.56. The maximum Gasteiger partial charge on any atom is 0.273 e. The zero-order valence-corrected chi connectivity index (χ0v) is 13.6. The second-order valence-electron chi connectivity index (χ2n) is 5.11. The van der Waals surface area contributed by atoms with Crippen LogP contribution in [0.15, 0.2) is 29.4 Å². The van der Waals surface area contributed by atoms with Crippen LogP contribution in [0.3, 0.4) is 0 Å². The number of aromatic nitrogens is 5. The van der Waals surface area contributed by atoms with E-state index in [9.17, 15) is 4.39 Å². The van der Waals surface area contributed by atoms with E-state index in [2.05, 4.69) is 20.4 Å². The molecular weight excluding hydrogens is 319 g/mol. The lowest BCUT2D eigenvalue weighted by Gasteiger charge is -2.04. The van der Waals surface area contributed by atoms with Crippen LogP contribution < -0.4 is 0 Å². The molecular formula is C15H14ClFN6. The molecule has 3 rings (SSSR count). The zero-order chi connectivity index (χ0) is 16.6. The van der Waals surface area contributed by atoms with Crippen LogP contribution in [-0.2, 0) is 0 Å². The van der Waals surface area contributed by atoms with E-state index < -0.39 is 5.82 Å². The van der Waals surface area contributed by atoms with Gasteiger partial charge in [-0.3, -0.25) is 0 Å². The Morgan fingerprint density at radius 1 is 1.17 bits per heavy atom. The first kappa shape index (κ1) is 15.4. The van der Waals surface area contributed by atoms with Gasteiger partial charge >= 0.3 is 0 Å². The number of hydrogen-bond acceptors (Lipinski definition) is 4. The quantitative estimate of drug-likeness (QED) is 0.692. The molecule has 2 heterocycles. The molecule has 0 amide bonds. The average molecular weight is 333 g/mol. The van der Waals surface area contributed by atoms with Gasteiger partial charge in [-0.15, -0.1) is 10.2 Å². The molecule has 0 saturated carbocycles. The van der Waals surface area contributed by atoms with Crippen molar-refractivity contribution in [2.75, 3.05) is 0 Å². The third-order valence-electron chi connectivity index (χ3n) is 3.25. The number of benzene rings is 1. The average Bonchev–Trinajstić information content (AvgIpc) is 3.02. The molecule has 0 N–H and O–H groups in total. The van der Waals surface area contributed by atoms with E-state index in [1.165, 1.54) is 29.1 Å². The highest BCUT2D eigenvalue weighted by Gasteiger charge is 2.13. The molecule has 0 aliphatic carbocycles. The van der Waals surface area contributed by atoms with Gasteiger partial charge in [-0.05, 0) is 45.0 Å². The van der Waals surface area contributed by atoms with Gasteiger partial charge in [0.05, 0.1) is 11.9 Å². The van der Waals surface area contributed by atoms with Crippen LogP contribution in [0.5, 0.6) is 0 Å². The lowest BCUT2D eigenvalue weighted by Crippen LogP contribution is -2.08. The minimum absolute atomic E-state index is 0.282. The molecule has 0 spiro atoms. The molecule has 2 aromatic heterocycles. The van der Waals surface area contributed by atoms with Crippen molar-refractivity contribution in [2.45, 2.75) is 20.8 Å². The molecule has 8 heteroatoms. The molecule has 0 radical (unpaired) electrons. The minimum Gasteiger partial charge on any atom is -0.206 e. The number of rotatable bonds is 3. The highest BCUT2D eigenvalue weighted by Crippen LogP contribution is 2.15. The van der Waals surface area contributed by atoms with Crippen molar-refractivity contribution in [3.63, 3.8) is 0 Å². The van der Waals surface area contributed by atoms with Crippen LogP contribution >= 0.6 is 11.6 Å². The molecule has 6 nitrogen and oxygen atoms in total. The Morgan fingerprint density at radius 3 is 2.65 bits per heavy atom. The highest BCUT2D eigenvalue weighted by atomic mass is 35.5. The van der Waals surface area contributed by atoms with E-state index in [4.69, 9.17) is 11.6 Å². The molecule has 0 unspecified atom stereocenters. The van der Waals surface area contributed by atoms with Gasteiger partial charge in [0.1, 0.15) is 5.82 Å². The second kappa shape index (κ2) is 5.92. The molecule has 0 aliphatic heterocycles. The Labute approximate surface area is 137 Å². The van der Waals surface area contributed by atoms with Gasteiger partial charge in [-0.25, -0.2) is 9.07 Å². The number of aryl methyl sites for hydroxylation is 3. The maximum atomic E-state index is 13.8. The smallest absolute Gasteiger partial charge is 0.206 e. The first-order valence-electron chi connectivity index (χ1n) is 6.91. The first-order valence-corrected chi connectivity index (χ1v) is 7.28. The van der Waals surface area contributed by atoms with Crippen molar-refractivity contribution in [2.24, 2.45) is 5.10 Å². The van der Waals surface area contributed by atoms with Crippen LogP contribution in [0.4, 0.5) is 4.39 Å². The molecule has 118 valence electrons. The normalized spacial score (nSPS) is 11.5.